The van der Waals surface area contributed by atoms with E-state index in [9.17, 15) is 4.79 Å². The molecule has 0 radical (unpaired) electrons. The van der Waals surface area contributed by atoms with Gasteiger partial charge in [0.2, 0.25) is 11.7 Å². The van der Waals surface area contributed by atoms with Gasteiger partial charge in [0.05, 0.1) is 7.11 Å². The molecule has 1 N–H and O–H groups in total. The summed E-state index contributed by atoms with van der Waals surface area (Å²) < 4.78 is 15.5. The average molecular weight is 278 g/mol. The van der Waals surface area contributed by atoms with Gasteiger partial charge in [-0.3, -0.25) is 0 Å². The Hall–Kier alpha value is -2.57. The molecule has 1 aromatic carbocycles. The Kier molecular flexibility index (Phi) is 4.19. The summed E-state index contributed by atoms with van der Waals surface area (Å²) in [6.07, 6.45) is 0.627. The first-order valence-corrected chi connectivity index (χ1v) is 6.00. The summed E-state index contributed by atoms with van der Waals surface area (Å²) in [5.74, 6) is 0.238. The van der Waals surface area contributed by atoms with E-state index in [4.69, 9.17) is 19.1 Å². The minimum Gasteiger partial charge on any atom is -0.493 e. The number of nitrogens with zero attached hydrogens (tertiary/aromatic N) is 2. The minimum atomic E-state index is -1.10. The first kappa shape index (κ1) is 13.9. The highest BCUT2D eigenvalue weighted by Gasteiger charge is 2.17. The van der Waals surface area contributed by atoms with Crippen molar-refractivity contribution in [1.82, 2.24) is 10.1 Å². The first-order chi connectivity index (χ1) is 9.65. The topological polar surface area (TPSA) is 94.7 Å². The Morgan fingerprint density at radius 3 is 2.85 bits per heavy atom. The van der Waals surface area contributed by atoms with Crippen LogP contribution < -0.4 is 9.47 Å². The van der Waals surface area contributed by atoms with Gasteiger partial charge in [-0.25, -0.2) is 4.79 Å². The second kappa shape index (κ2) is 6.05. The number of aryl methyl sites for hydroxylation is 1. The highest BCUT2D eigenvalue weighted by atomic mass is 16.5. The van der Waals surface area contributed by atoms with Gasteiger partial charge in [-0.1, -0.05) is 18.1 Å². The average Bonchev–Trinajstić information content (AvgIpc) is 2.92. The zero-order chi connectivity index (χ0) is 14.5. The Morgan fingerprint density at radius 1 is 1.45 bits per heavy atom. The Balaban J connectivity index is 2.21. The molecule has 0 aliphatic heterocycles. The number of hydrogen-bond donors (Lipinski definition) is 1. The van der Waals surface area contributed by atoms with Crippen LogP contribution in [0.15, 0.2) is 22.7 Å². The van der Waals surface area contributed by atoms with E-state index in [1.807, 2.05) is 6.92 Å². The van der Waals surface area contributed by atoms with Crippen LogP contribution in [0.25, 0.3) is 0 Å². The van der Waals surface area contributed by atoms with Crippen LogP contribution in [0.3, 0.4) is 0 Å². The van der Waals surface area contributed by atoms with E-state index in [1.165, 1.54) is 13.2 Å². The fourth-order valence-corrected chi connectivity index (χ4v) is 1.62. The molecule has 7 heteroatoms. The zero-order valence-corrected chi connectivity index (χ0v) is 11.1. The Morgan fingerprint density at radius 2 is 2.25 bits per heavy atom. The molecule has 2 aromatic rings. The lowest BCUT2D eigenvalue weighted by atomic mass is 10.2. The first-order valence-electron chi connectivity index (χ1n) is 6.00. The van der Waals surface area contributed by atoms with Crippen LogP contribution >= 0.6 is 0 Å². The highest BCUT2D eigenvalue weighted by Crippen LogP contribution is 2.31. The van der Waals surface area contributed by atoms with Gasteiger partial charge >= 0.3 is 5.97 Å². The van der Waals surface area contributed by atoms with Crippen molar-refractivity contribution >= 4 is 5.97 Å². The molecule has 0 saturated heterocycles. The van der Waals surface area contributed by atoms with Crippen molar-refractivity contribution in [2.24, 2.45) is 0 Å². The molecule has 1 aromatic heterocycles. The molecule has 0 spiro atoms. The third-order valence-corrected chi connectivity index (χ3v) is 2.59. The summed E-state index contributed by atoms with van der Waals surface area (Å²) in [5, 5.41) is 12.9. The molecule has 0 amide bonds. The van der Waals surface area contributed by atoms with Crippen molar-refractivity contribution in [2.75, 3.05) is 7.11 Å². The van der Waals surface area contributed by atoms with Gasteiger partial charge in [0.1, 0.15) is 5.56 Å². The van der Waals surface area contributed by atoms with Crippen LogP contribution in [0, 0.1) is 0 Å². The monoisotopic (exact) mass is 278 g/mol. The number of carbonyl (C=O) groups is 1. The molecule has 1 heterocycles. The van der Waals surface area contributed by atoms with Crippen molar-refractivity contribution in [3.8, 4) is 11.5 Å². The van der Waals surface area contributed by atoms with Crippen LogP contribution in [0.5, 0.6) is 11.5 Å². The van der Waals surface area contributed by atoms with Gasteiger partial charge in [-0.2, -0.15) is 4.98 Å². The molecular weight excluding hydrogens is 264 g/mol. The second-order valence-electron chi connectivity index (χ2n) is 3.89. The quantitative estimate of drug-likeness (QED) is 0.862. The molecule has 2 rings (SSSR count). The fraction of sp³-hybridized carbons (Fsp3) is 0.308. The number of rotatable bonds is 6. The van der Waals surface area contributed by atoms with E-state index in [1.54, 1.807) is 12.1 Å². The molecule has 0 saturated carbocycles. The number of methoxy groups -OCH3 is 1. The van der Waals surface area contributed by atoms with Crippen LogP contribution in [0.4, 0.5) is 0 Å². The molecule has 106 valence electrons. The number of carboxylic acids is 1. The van der Waals surface area contributed by atoms with E-state index in [0.717, 1.165) is 0 Å². The molecule has 0 fully saturated rings. The smallest absolute Gasteiger partial charge is 0.339 e. The van der Waals surface area contributed by atoms with Gasteiger partial charge in [0, 0.05) is 6.42 Å². The van der Waals surface area contributed by atoms with Gasteiger partial charge < -0.3 is 19.1 Å². The van der Waals surface area contributed by atoms with Gasteiger partial charge in [0.15, 0.2) is 18.1 Å². The summed E-state index contributed by atoms with van der Waals surface area (Å²) in [6, 6.07) is 4.64. The third-order valence-electron chi connectivity index (χ3n) is 2.59. The van der Waals surface area contributed by atoms with E-state index >= 15 is 0 Å². The Bertz CT molecular complexity index is 609. The summed E-state index contributed by atoms with van der Waals surface area (Å²) in [5.41, 5.74) is 0.0172. The number of ether oxygens (including phenoxy) is 2. The lowest BCUT2D eigenvalue weighted by molar-refractivity contribution is 0.0690. The maximum absolute atomic E-state index is 11.2. The third kappa shape index (κ3) is 2.87. The maximum Gasteiger partial charge on any atom is 0.339 e. The van der Waals surface area contributed by atoms with Gasteiger partial charge in [0.25, 0.3) is 0 Å². The molecular formula is C13H14N2O5. The SMILES string of the molecule is CCc1nc(COc2c(OC)cccc2C(=O)O)no1. The van der Waals surface area contributed by atoms with Crippen molar-refractivity contribution in [3.05, 3.63) is 35.5 Å². The maximum atomic E-state index is 11.2. The van der Waals surface area contributed by atoms with Crippen molar-refractivity contribution in [1.29, 1.82) is 0 Å². The minimum absolute atomic E-state index is 0.00412. The zero-order valence-electron chi connectivity index (χ0n) is 11.1. The number of para-hydroxylation sites is 1. The van der Waals surface area contributed by atoms with E-state index < -0.39 is 5.97 Å². The van der Waals surface area contributed by atoms with Crippen LogP contribution in [0.1, 0.15) is 29.0 Å². The summed E-state index contributed by atoms with van der Waals surface area (Å²) in [6.45, 7) is 1.89. The molecule has 0 aliphatic carbocycles. The van der Waals surface area contributed by atoms with Crippen molar-refractivity contribution in [3.63, 3.8) is 0 Å². The summed E-state index contributed by atoms with van der Waals surface area (Å²) in [4.78, 5) is 15.2. The number of hydrogen-bond acceptors (Lipinski definition) is 6. The molecule has 7 nitrogen and oxygen atoms in total. The predicted octanol–water partition coefficient (Wildman–Crippen LogP) is 1.92. The number of carboxylic acid groups (broad SMARTS) is 1. The second-order valence-corrected chi connectivity index (χ2v) is 3.89. The predicted molar refractivity (Wildman–Crippen MR) is 68.0 cm³/mol. The van der Waals surface area contributed by atoms with Crippen molar-refractivity contribution < 1.29 is 23.9 Å². The van der Waals surface area contributed by atoms with Crippen LogP contribution in [-0.4, -0.2) is 28.3 Å². The lowest BCUT2D eigenvalue weighted by Gasteiger charge is -2.11. The largest absolute Gasteiger partial charge is 0.493 e. The molecule has 20 heavy (non-hydrogen) atoms. The van der Waals surface area contributed by atoms with E-state index in [0.29, 0.717) is 23.9 Å². The molecule has 0 unspecified atom stereocenters. The van der Waals surface area contributed by atoms with Crippen LogP contribution in [-0.2, 0) is 13.0 Å². The highest BCUT2D eigenvalue weighted by molar-refractivity contribution is 5.92. The Labute approximate surface area is 115 Å². The number of aromatic carboxylic acids is 1. The fourth-order valence-electron chi connectivity index (χ4n) is 1.62. The number of aromatic nitrogens is 2. The standard InChI is InChI=1S/C13H14N2O5/c1-3-11-14-10(15-20-11)7-19-12-8(13(16)17)5-4-6-9(12)18-2/h4-6H,3,7H2,1-2H3,(H,16,17). The molecule has 0 aliphatic rings. The van der Waals surface area contributed by atoms with Gasteiger partial charge in [-0.05, 0) is 12.1 Å². The van der Waals surface area contributed by atoms with Crippen molar-refractivity contribution in [2.45, 2.75) is 20.0 Å². The van der Waals surface area contributed by atoms with Gasteiger partial charge in [-0.15, -0.1) is 0 Å². The summed E-state index contributed by atoms with van der Waals surface area (Å²) in [7, 11) is 1.44. The molecule has 0 bridgehead atoms. The number of benzene rings is 1. The van der Waals surface area contributed by atoms with E-state index in [2.05, 4.69) is 10.1 Å². The molecule has 0 atom stereocenters. The lowest BCUT2D eigenvalue weighted by Crippen LogP contribution is -2.06. The van der Waals surface area contributed by atoms with E-state index in [-0.39, 0.29) is 17.9 Å². The van der Waals surface area contributed by atoms with Crippen LogP contribution in [0.2, 0.25) is 0 Å². The normalized spacial score (nSPS) is 10.3. The summed E-state index contributed by atoms with van der Waals surface area (Å²) >= 11 is 0.